The van der Waals surface area contributed by atoms with Gasteiger partial charge in [0.25, 0.3) is 0 Å². The van der Waals surface area contributed by atoms with Crippen molar-refractivity contribution < 1.29 is 23.1 Å². The molecule has 2 unspecified atom stereocenters. The lowest BCUT2D eigenvalue weighted by atomic mass is 10.1. The number of nitrogens with one attached hydrogen (secondary N) is 1. The SMILES string of the molecule is COC(=O)C1CCCC1S(=O)(=O)Nc1cccc(O)c1. The molecule has 0 bridgehead atoms. The molecule has 6 nitrogen and oxygen atoms in total. The van der Waals surface area contributed by atoms with Gasteiger partial charge in [0.2, 0.25) is 10.0 Å². The first kappa shape index (κ1) is 14.6. The Labute approximate surface area is 117 Å². The Hall–Kier alpha value is -1.76. The third-order valence-electron chi connectivity index (χ3n) is 3.46. The number of carbonyl (C=O) groups excluding carboxylic acids is 1. The summed E-state index contributed by atoms with van der Waals surface area (Å²) in [6.07, 6.45) is 1.61. The van der Waals surface area contributed by atoms with Crippen LogP contribution >= 0.6 is 0 Å². The van der Waals surface area contributed by atoms with Crippen LogP contribution in [0.3, 0.4) is 0 Å². The number of methoxy groups -OCH3 is 1. The van der Waals surface area contributed by atoms with Crippen molar-refractivity contribution in [1.29, 1.82) is 0 Å². The summed E-state index contributed by atoms with van der Waals surface area (Å²) in [6, 6.07) is 5.85. The van der Waals surface area contributed by atoms with E-state index in [0.29, 0.717) is 19.3 Å². The normalized spacial score (nSPS) is 22.4. The van der Waals surface area contributed by atoms with Crippen molar-refractivity contribution in [2.75, 3.05) is 11.8 Å². The fourth-order valence-corrected chi connectivity index (χ4v) is 4.29. The number of anilines is 1. The van der Waals surface area contributed by atoms with Crippen molar-refractivity contribution in [3.05, 3.63) is 24.3 Å². The molecule has 0 amide bonds. The van der Waals surface area contributed by atoms with Gasteiger partial charge in [0.1, 0.15) is 5.75 Å². The third kappa shape index (κ3) is 3.04. The summed E-state index contributed by atoms with van der Waals surface area (Å²) in [6.45, 7) is 0. The van der Waals surface area contributed by atoms with Gasteiger partial charge in [-0.3, -0.25) is 9.52 Å². The highest BCUT2D eigenvalue weighted by Gasteiger charge is 2.42. The number of sulfonamides is 1. The quantitative estimate of drug-likeness (QED) is 0.821. The Morgan fingerprint density at radius 1 is 1.40 bits per heavy atom. The summed E-state index contributed by atoms with van der Waals surface area (Å²) in [5, 5.41) is 8.55. The van der Waals surface area contributed by atoms with Crippen LogP contribution < -0.4 is 4.72 Å². The van der Waals surface area contributed by atoms with E-state index in [9.17, 15) is 18.3 Å². The molecule has 1 saturated carbocycles. The molecule has 2 rings (SSSR count). The van der Waals surface area contributed by atoms with Crippen LogP contribution in [0.15, 0.2) is 24.3 Å². The number of phenolic OH excluding ortho intramolecular Hbond substituents is 1. The smallest absolute Gasteiger partial charge is 0.310 e. The first-order valence-corrected chi connectivity index (χ1v) is 7.87. The molecule has 0 saturated heterocycles. The molecule has 2 N–H and O–H groups in total. The van der Waals surface area contributed by atoms with Gasteiger partial charge in [0, 0.05) is 6.07 Å². The maximum atomic E-state index is 12.3. The van der Waals surface area contributed by atoms with Crippen LogP contribution in [0.2, 0.25) is 0 Å². The predicted octanol–water partition coefficient (Wildman–Crippen LogP) is 1.48. The fraction of sp³-hybridized carbons (Fsp3) is 0.462. The van der Waals surface area contributed by atoms with Gasteiger partial charge in [0.15, 0.2) is 0 Å². The van der Waals surface area contributed by atoms with Crippen LogP contribution in [0.5, 0.6) is 5.75 Å². The summed E-state index contributed by atoms with van der Waals surface area (Å²) < 4.78 is 31.8. The van der Waals surface area contributed by atoms with E-state index in [2.05, 4.69) is 9.46 Å². The second-order valence-electron chi connectivity index (χ2n) is 4.80. The summed E-state index contributed by atoms with van der Waals surface area (Å²) in [5.74, 6) is -1.15. The lowest BCUT2D eigenvalue weighted by Gasteiger charge is -2.19. The highest BCUT2D eigenvalue weighted by atomic mass is 32.2. The highest BCUT2D eigenvalue weighted by molar-refractivity contribution is 7.93. The molecule has 20 heavy (non-hydrogen) atoms. The molecule has 0 spiro atoms. The molecule has 1 aliphatic carbocycles. The molecular weight excluding hydrogens is 282 g/mol. The molecule has 0 radical (unpaired) electrons. The number of carbonyl (C=O) groups is 1. The Bertz CT molecular complexity index is 599. The van der Waals surface area contributed by atoms with Crippen LogP contribution in [0.25, 0.3) is 0 Å². The Morgan fingerprint density at radius 2 is 2.15 bits per heavy atom. The molecule has 7 heteroatoms. The maximum Gasteiger partial charge on any atom is 0.310 e. The lowest BCUT2D eigenvalue weighted by molar-refractivity contribution is -0.145. The molecule has 110 valence electrons. The van der Waals surface area contributed by atoms with E-state index < -0.39 is 27.2 Å². The average Bonchev–Trinajstić information content (AvgIpc) is 2.87. The molecule has 0 aliphatic heterocycles. The van der Waals surface area contributed by atoms with Gasteiger partial charge < -0.3 is 9.84 Å². The Morgan fingerprint density at radius 3 is 2.80 bits per heavy atom. The van der Waals surface area contributed by atoms with Crippen LogP contribution in [0.1, 0.15) is 19.3 Å². The monoisotopic (exact) mass is 299 g/mol. The van der Waals surface area contributed by atoms with Gasteiger partial charge in [-0.25, -0.2) is 8.42 Å². The topological polar surface area (TPSA) is 92.7 Å². The standard InChI is InChI=1S/C13H17NO5S/c1-19-13(16)11-6-3-7-12(11)20(17,18)14-9-4-2-5-10(15)8-9/h2,4-5,8,11-12,14-15H,3,6-7H2,1H3. The number of esters is 1. The number of phenols is 1. The van der Waals surface area contributed by atoms with E-state index in [1.165, 1.54) is 19.2 Å². The number of rotatable bonds is 4. The zero-order valence-corrected chi connectivity index (χ0v) is 11.9. The lowest BCUT2D eigenvalue weighted by Crippen LogP contribution is -2.35. The number of hydrogen-bond acceptors (Lipinski definition) is 5. The fourth-order valence-electron chi connectivity index (χ4n) is 2.53. The zero-order chi connectivity index (χ0) is 14.8. The summed E-state index contributed by atoms with van der Waals surface area (Å²) >= 11 is 0. The maximum absolute atomic E-state index is 12.3. The molecule has 1 aromatic carbocycles. The third-order valence-corrected chi connectivity index (χ3v) is 5.34. The van der Waals surface area contributed by atoms with E-state index in [1.54, 1.807) is 12.1 Å². The van der Waals surface area contributed by atoms with Gasteiger partial charge >= 0.3 is 5.97 Å². The molecular formula is C13H17NO5S. The van der Waals surface area contributed by atoms with Gasteiger partial charge in [-0.05, 0) is 25.0 Å². The Balaban J connectivity index is 2.19. The van der Waals surface area contributed by atoms with Crippen LogP contribution in [0, 0.1) is 5.92 Å². The van der Waals surface area contributed by atoms with Crippen molar-refractivity contribution >= 4 is 21.7 Å². The van der Waals surface area contributed by atoms with Crippen LogP contribution in [-0.4, -0.2) is 31.9 Å². The zero-order valence-electron chi connectivity index (χ0n) is 11.1. The van der Waals surface area contributed by atoms with E-state index >= 15 is 0 Å². The number of ether oxygens (including phenoxy) is 1. The van der Waals surface area contributed by atoms with Crippen molar-refractivity contribution in [2.24, 2.45) is 5.92 Å². The van der Waals surface area contributed by atoms with Gasteiger partial charge in [-0.15, -0.1) is 0 Å². The molecule has 0 aromatic heterocycles. The number of benzene rings is 1. The molecule has 2 atom stereocenters. The van der Waals surface area contributed by atoms with Crippen LogP contribution in [0.4, 0.5) is 5.69 Å². The van der Waals surface area contributed by atoms with Gasteiger partial charge in [-0.2, -0.15) is 0 Å². The second kappa shape index (κ2) is 5.70. The van der Waals surface area contributed by atoms with Crippen molar-refractivity contribution in [3.63, 3.8) is 0 Å². The molecule has 1 aliphatic rings. The Kier molecular flexibility index (Phi) is 4.17. The largest absolute Gasteiger partial charge is 0.508 e. The van der Waals surface area contributed by atoms with E-state index in [-0.39, 0.29) is 11.4 Å². The van der Waals surface area contributed by atoms with E-state index in [1.807, 2.05) is 0 Å². The van der Waals surface area contributed by atoms with Gasteiger partial charge in [0.05, 0.1) is 24.0 Å². The van der Waals surface area contributed by atoms with Gasteiger partial charge in [-0.1, -0.05) is 12.5 Å². The molecule has 0 heterocycles. The summed E-state index contributed by atoms with van der Waals surface area (Å²) in [7, 11) is -2.44. The van der Waals surface area contributed by atoms with Crippen molar-refractivity contribution in [3.8, 4) is 5.75 Å². The average molecular weight is 299 g/mol. The molecule has 1 fully saturated rings. The van der Waals surface area contributed by atoms with Crippen molar-refractivity contribution in [2.45, 2.75) is 24.5 Å². The van der Waals surface area contributed by atoms with Crippen molar-refractivity contribution in [1.82, 2.24) is 0 Å². The van der Waals surface area contributed by atoms with Crippen LogP contribution in [-0.2, 0) is 19.6 Å². The summed E-state index contributed by atoms with van der Waals surface area (Å²) in [4.78, 5) is 11.6. The minimum Gasteiger partial charge on any atom is -0.508 e. The number of aromatic hydroxyl groups is 1. The minimum atomic E-state index is -3.70. The first-order valence-electron chi connectivity index (χ1n) is 6.32. The van der Waals surface area contributed by atoms with E-state index in [0.717, 1.165) is 0 Å². The summed E-state index contributed by atoms with van der Waals surface area (Å²) in [5.41, 5.74) is 0.278. The number of hydrogen-bond donors (Lipinski definition) is 2. The highest BCUT2D eigenvalue weighted by Crippen LogP contribution is 2.33. The first-order chi connectivity index (χ1) is 9.44. The minimum absolute atomic E-state index is 0.0267. The molecule has 1 aromatic rings. The van der Waals surface area contributed by atoms with E-state index in [4.69, 9.17) is 0 Å². The second-order valence-corrected chi connectivity index (χ2v) is 6.70. The predicted molar refractivity (Wildman–Crippen MR) is 73.8 cm³/mol.